The lowest BCUT2D eigenvalue weighted by Crippen LogP contribution is -2.48. The van der Waals surface area contributed by atoms with Crippen molar-refractivity contribution in [1.82, 2.24) is 9.80 Å². The van der Waals surface area contributed by atoms with Gasteiger partial charge in [-0.1, -0.05) is 6.42 Å². The van der Waals surface area contributed by atoms with Crippen molar-refractivity contribution in [3.8, 4) is 5.75 Å². The summed E-state index contributed by atoms with van der Waals surface area (Å²) in [5.41, 5.74) is 1.51. The van der Waals surface area contributed by atoms with E-state index in [4.69, 9.17) is 9.47 Å². The number of nitrogens with zero attached hydrogens (tertiary/aromatic N) is 3. The molecule has 1 atom stereocenters. The molecule has 182 valence electrons. The van der Waals surface area contributed by atoms with Crippen molar-refractivity contribution >= 4 is 17.7 Å². The second-order valence-corrected chi connectivity index (χ2v) is 10.5. The summed E-state index contributed by atoms with van der Waals surface area (Å²) in [7, 11) is 0. The van der Waals surface area contributed by atoms with E-state index in [-0.39, 0.29) is 5.91 Å². The lowest BCUT2D eigenvalue weighted by molar-refractivity contribution is -0.122. The Morgan fingerprint density at radius 3 is 2.58 bits per heavy atom. The van der Waals surface area contributed by atoms with Crippen molar-refractivity contribution in [3.05, 3.63) is 23.8 Å². The van der Waals surface area contributed by atoms with Gasteiger partial charge in [-0.2, -0.15) is 0 Å². The molecule has 0 N–H and O–H groups in total. The highest BCUT2D eigenvalue weighted by atomic mass is 16.6. The van der Waals surface area contributed by atoms with Crippen molar-refractivity contribution < 1.29 is 19.1 Å². The molecular weight excluding hydrogens is 418 g/mol. The molecular formula is C26H39N3O4. The fourth-order valence-electron chi connectivity index (χ4n) is 5.10. The minimum Gasteiger partial charge on any atom is -0.494 e. The number of benzene rings is 1. The summed E-state index contributed by atoms with van der Waals surface area (Å²) in [5.74, 6) is 0.866. The Bertz CT molecular complexity index is 844. The van der Waals surface area contributed by atoms with Gasteiger partial charge in [0.1, 0.15) is 17.4 Å². The molecule has 0 saturated carbocycles. The number of likely N-dealkylation sites (tertiary alicyclic amines) is 2. The first kappa shape index (κ1) is 23.9. The van der Waals surface area contributed by atoms with E-state index in [0.29, 0.717) is 26.1 Å². The molecule has 1 unspecified atom stereocenters. The van der Waals surface area contributed by atoms with E-state index in [0.717, 1.165) is 42.8 Å². The van der Waals surface area contributed by atoms with Crippen LogP contribution in [0.1, 0.15) is 64.9 Å². The third-order valence-corrected chi connectivity index (χ3v) is 6.71. The van der Waals surface area contributed by atoms with E-state index in [1.54, 1.807) is 4.90 Å². The molecule has 2 saturated heterocycles. The van der Waals surface area contributed by atoms with E-state index in [1.165, 1.54) is 32.4 Å². The van der Waals surface area contributed by atoms with Crippen molar-refractivity contribution in [3.63, 3.8) is 0 Å². The summed E-state index contributed by atoms with van der Waals surface area (Å²) in [6.45, 7) is 11.0. The zero-order valence-electron chi connectivity index (χ0n) is 20.5. The first-order valence-corrected chi connectivity index (χ1v) is 12.6. The Morgan fingerprint density at radius 1 is 1.03 bits per heavy atom. The SMILES string of the molecule is CC(C)(C)OC(=O)N1CCCC1C(=O)N1CCc2cc(OCCCN3CCCCC3)ccc21. The minimum atomic E-state index is -0.572. The van der Waals surface area contributed by atoms with E-state index in [2.05, 4.69) is 11.0 Å². The maximum atomic E-state index is 13.4. The van der Waals surface area contributed by atoms with Gasteiger partial charge in [0.2, 0.25) is 5.91 Å². The molecule has 4 rings (SSSR count). The quantitative estimate of drug-likeness (QED) is 0.598. The van der Waals surface area contributed by atoms with Crippen LogP contribution in [-0.2, 0) is 16.0 Å². The van der Waals surface area contributed by atoms with Crippen LogP contribution in [0.5, 0.6) is 5.75 Å². The molecule has 7 heteroatoms. The molecule has 0 aliphatic carbocycles. The van der Waals surface area contributed by atoms with Crippen LogP contribution in [0.4, 0.5) is 10.5 Å². The zero-order valence-corrected chi connectivity index (χ0v) is 20.5. The van der Waals surface area contributed by atoms with Crippen molar-refractivity contribution in [2.24, 2.45) is 0 Å². The molecule has 3 aliphatic heterocycles. The highest BCUT2D eigenvalue weighted by Crippen LogP contribution is 2.34. The van der Waals surface area contributed by atoms with Crippen molar-refractivity contribution in [1.29, 1.82) is 0 Å². The van der Waals surface area contributed by atoms with Crippen LogP contribution >= 0.6 is 0 Å². The normalized spacial score (nSPS) is 21.2. The van der Waals surface area contributed by atoms with Gasteiger partial charge in [-0.25, -0.2) is 4.79 Å². The van der Waals surface area contributed by atoms with Gasteiger partial charge >= 0.3 is 6.09 Å². The Kier molecular flexibility index (Phi) is 7.47. The van der Waals surface area contributed by atoms with Crippen LogP contribution in [0, 0.1) is 0 Å². The molecule has 0 spiro atoms. The van der Waals surface area contributed by atoms with Crippen LogP contribution in [-0.4, -0.2) is 72.8 Å². The maximum Gasteiger partial charge on any atom is 0.410 e. The average Bonchev–Trinajstić information content (AvgIpc) is 3.43. The first-order chi connectivity index (χ1) is 15.8. The van der Waals surface area contributed by atoms with Gasteiger partial charge in [0.05, 0.1) is 6.61 Å². The first-order valence-electron chi connectivity index (χ1n) is 12.6. The molecule has 1 aromatic carbocycles. The molecule has 1 aromatic rings. The topological polar surface area (TPSA) is 62.3 Å². The van der Waals surface area contributed by atoms with Crippen LogP contribution in [0.2, 0.25) is 0 Å². The predicted molar refractivity (Wildman–Crippen MR) is 129 cm³/mol. The summed E-state index contributed by atoms with van der Waals surface area (Å²) >= 11 is 0. The lowest BCUT2D eigenvalue weighted by atomic mass is 10.1. The van der Waals surface area contributed by atoms with E-state index in [1.807, 2.05) is 37.8 Å². The van der Waals surface area contributed by atoms with Gasteiger partial charge in [-0.05, 0) is 96.1 Å². The molecule has 33 heavy (non-hydrogen) atoms. The van der Waals surface area contributed by atoms with Crippen molar-refractivity contribution in [2.45, 2.75) is 77.4 Å². The fourth-order valence-corrected chi connectivity index (χ4v) is 5.10. The van der Waals surface area contributed by atoms with E-state index >= 15 is 0 Å². The number of anilines is 1. The number of piperidine rings is 1. The average molecular weight is 458 g/mol. The minimum absolute atomic E-state index is 0.00712. The monoisotopic (exact) mass is 457 g/mol. The van der Waals surface area contributed by atoms with Crippen LogP contribution in [0.25, 0.3) is 0 Å². The summed E-state index contributed by atoms with van der Waals surface area (Å²) in [4.78, 5) is 32.0. The summed E-state index contributed by atoms with van der Waals surface area (Å²) < 4.78 is 11.5. The van der Waals surface area contributed by atoms with Gasteiger partial charge in [-0.3, -0.25) is 9.69 Å². The van der Waals surface area contributed by atoms with Crippen LogP contribution in [0.3, 0.4) is 0 Å². The number of hydrogen-bond donors (Lipinski definition) is 0. The molecule has 7 nitrogen and oxygen atoms in total. The number of fused-ring (bicyclic) bond motifs is 1. The van der Waals surface area contributed by atoms with Gasteiger partial charge in [0, 0.05) is 25.3 Å². The molecule has 0 radical (unpaired) electrons. The maximum absolute atomic E-state index is 13.4. The van der Waals surface area contributed by atoms with Gasteiger partial charge in [-0.15, -0.1) is 0 Å². The zero-order chi connectivity index (χ0) is 23.4. The Hall–Kier alpha value is -2.28. The Labute approximate surface area is 198 Å². The summed E-state index contributed by atoms with van der Waals surface area (Å²) in [6.07, 6.45) is 6.94. The number of hydrogen-bond acceptors (Lipinski definition) is 5. The highest BCUT2D eigenvalue weighted by Gasteiger charge is 2.40. The predicted octanol–water partition coefficient (Wildman–Crippen LogP) is 4.23. The summed E-state index contributed by atoms with van der Waals surface area (Å²) in [5, 5.41) is 0. The van der Waals surface area contributed by atoms with E-state index in [9.17, 15) is 9.59 Å². The number of rotatable bonds is 6. The molecule has 3 heterocycles. The van der Waals surface area contributed by atoms with Gasteiger partial charge in [0.25, 0.3) is 0 Å². The standard InChI is InChI=1S/C26H39N3O4/c1-26(2,3)33-25(31)29-16-7-9-23(29)24(30)28-17-12-20-19-21(10-11-22(20)28)32-18-8-15-27-13-5-4-6-14-27/h10-11,19,23H,4-9,12-18H2,1-3H3. The lowest BCUT2D eigenvalue weighted by Gasteiger charge is -2.30. The number of carbonyl (C=O) groups is 2. The largest absolute Gasteiger partial charge is 0.494 e. The van der Waals surface area contributed by atoms with Crippen molar-refractivity contribution in [2.75, 3.05) is 44.2 Å². The van der Waals surface area contributed by atoms with Gasteiger partial charge < -0.3 is 19.3 Å². The number of carbonyl (C=O) groups excluding carboxylic acids is 2. The molecule has 0 aromatic heterocycles. The second-order valence-electron chi connectivity index (χ2n) is 10.5. The molecule has 2 fully saturated rings. The smallest absolute Gasteiger partial charge is 0.410 e. The highest BCUT2D eigenvalue weighted by molar-refractivity contribution is 6.00. The van der Waals surface area contributed by atoms with Crippen LogP contribution < -0.4 is 9.64 Å². The number of ether oxygens (including phenoxy) is 2. The fraction of sp³-hybridized carbons (Fsp3) is 0.692. The molecule has 3 aliphatic rings. The third kappa shape index (κ3) is 5.99. The third-order valence-electron chi connectivity index (χ3n) is 6.71. The Morgan fingerprint density at radius 2 is 1.82 bits per heavy atom. The number of amides is 2. The molecule has 0 bridgehead atoms. The van der Waals surface area contributed by atoms with Gasteiger partial charge in [0.15, 0.2) is 0 Å². The Balaban J connectivity index is 1.32. The second kappa shape index (κ2) is 10.3. The summed E-state index contributed by atoms with van der Waals surface area (Å²) in [6, 6.07) is 5.58. The van der Waals surface area contributed by atoms with Crippen LogP contribution in [0.15, 0.2) is 18.2 Å². The van der Waals surface area contributed by atoms with E-state index < -0.39 is 17.7 Å². The molecule has 2 amide bonds.